The van der Waals surface area contributed by atoms with Crippen LogP contribution in [0.15, 0.2) is 3.79 Å². The van der Waals surface area contributed by atoms with Gasteiger partial charge in [0.1, 0.15) is 0 Å². The van der Waals surface area contributed by atoms with E-state index in [2.05, 4.69) is 15.9 Å². The molecule has 0 bridgehead atoms. The lowest BCUT2D eigenvalue weighted by Crippen LogP contribution is -2.13. The van der Waals surface area contributed by atoms with Gasteiger partial charge in [-0.25, -0.2) is 4.79 Å². The van der Waals surface area contributed by atoms with Crippen LogP contribution in [0.4, 0.5) is 0 Å². The van der Waals surface area contributed by atoms with Crippen LogP contribution in [0, 0.1) is 0 Å². The largest absolute Gasteiger partial charge is 0.462 e. The number of hydrogen-bond donors (Lipinski definition) is 0. The minimum Gasteiger partial charge on any atom is -0.462 e. The zero-order chi connectivity index (χ0) is 10.8. The van der Waals surface area contributed by atoms with E-state index in [0.29, 0.717) is 25.4 Å². The third kappa shape index (κ3) is 2.09. The Bertz CT molecular complexity index is 386. The maximum atomic E-state index is 11.7. The Hall–Kier alpha value is -0.390. The zero-order valence-electron chi connectivity index (χ0n) is 8.34. The molecular formula is C10H11BrO3S. The van der Waals surface area contributed by atoms with Crippen molar-refractivity contribution in [1.29, 1.82) is 0 Å². The van der Waals surface area contributed by atoms with Crippen molar-refractivity contribution in [2.75, 3.05) is 13.2 Å². The summed E-state index contributed by atoms with van der Waals surface area (Å²) in [6, 6.07) is 0. The fourth-order valence-electron chi connectivity index (χ4n) is 1.61. The Morgan fingerprint density at radius 3 is 3.20 bits per heavy atom. The number of carbonyl (C=O) groups excluding carboxylic acids is 1. The van der Waals surface area contributed by atoms with E-state index in [9.17, 15) is 4.79 Å². The molecular weight excluding hydrogens is 280 g/mol. The van der Waals surface area contributed by atoms with Gasteiger partial charge in [-0.15, -0.1) is 11.3 Å². The van der Waals surface area contributed by atoms with Gasteiger partial charge in [0.25, 0.3) is 0 Å². The quantitative estimate of drug-likeness (QED) is 0.786. The van der Waals surface area contributed by atoms with E-state index < -0.39 is 0 Å². The molecule has 15 heavy (non-hydrogen) atoms. The molecule has 2 heterocycles. The minimum absolute atomic E-state index is 0.233. The van der Waals surface area contributed by atoms with Crippen molar-refractivity contribution in [2.45, 2.75) is 20.0 Å². The summed E-state index contributed by atoms with van der Waals surface area (Å²) in [5.74, 6) is -0.233. The highest BCUT2D eigenvalue weighted by atomic mass is 79.9. The fraction of sp³-hybridized carbons (Fsp3) is 0.500. The molecule has 0 saturated carbocycles. The van der Waals surface area contributed by atoms with E-state index in [1.807, 2.05) is 6.92 Å². The molecule has 0 amide bonds. The molecule has 1 aliphatic rings. The number of halogens is 1. The summed E-state index contributed by atoms with van der Waals surface area (Å²) in [5, 5.41) is 0. The number of rotatable bonds is 2. The van der Waals surface area contributed by atoms with Gasteiger partial charge in [-0.2, -0.15) is 0 Å². The van der Waals surface area contributed by atoms with Crippen molar-refractivity contribution >= 4 is 33.2 Å². The van der Waals surface area contributed by atoms with Gasteiger partial charge in [-0.3, -0.25) is 0 Å². The minimum atomic E-state index is -0.233. The van der Waals surface area contributed by atoms with Crippen molar-refractivity contribution in [3.8, 4) is 0 Å². The molecule has 0 saturated heterocycles. The Labute approximate surface area is 101 Å². The normalized spacial score (nSPS) is 14.8. The van der Waals surface area contributed by atoms with Crippen LogP contribution in [-0.4, -0.2) is 19.2 Å². The first-order chi connectivity index (χ1) is 7.24. The van der Waals surface area contributed by atoms with E-state index in [4.69, 9.17) is 9.47 Å². The summed E-state index contributed by atoms with van der Waals surface area (Å²) in [4.78, 5) is 12.8. The molecule has 1 aromatic rings. The molecule has 0 aromatic carbocycles. The van der Waals surface area contributed by atoms with Crippen molar-refractivity contribution in [3.05, 3.63) is 19.8 Å². The monoisotopic (exact) mass is 290 g/mol. The van der Waals surface area contributed by atoms with Crippen LogP contribution in [0.2, 0.25) is 0 Å². The average molecular weight is 291 g/mol. The number of hydrogen-bond acceptors (Lipinski definition) is 4. The molecule has 0 fully saturated rings. The molecule has 0 unspecified atom stereocenters. The molecule has 3 nitrogen and oxygen atoms in total. The highest BCUT2D eigenvalue weighted by Gasteiger charge is 2.25. The first-order valence-electron chi connectivity index (χ1n) is 4.79. The Morgan fingerprint density at radius 1 is 1.67 bits per heavy atom. The average Bonchev–Trinajstić information content (AvgIpc) is 2.54. The van der Waals surface area contributed by atoms with Gasteiger partial charge in [0.2, 0.25) is 0 Å². The SMILES string of the molecule is CCOC(=O)c1c(Br)sc2c1CCOC2. The number of thiophene rings is 1. The van der Waals surface area contributed by atoms with Crippen LogP contribution >= 0.6 is 27.3 Å². The van der Waals surface area contributed by atoms with Gasteiger partial charge in [-0.05, 0) is 34.8 Å². The van der Waals surface area contributed by atoms with Crippen LogP contribution in [0.1, 0.15) is 27.7 Å². The number of ether oxygens (including phenoxy) is 2. The van der Waals surface area contributed by atoms with Gasteiger partial charge in [-0.1, -0.05) is 0 Å². The topological polar surface area (TPSA) is 35.5 Å². The summed E-state index contributed by atoms with van der Waals surface area (Å²) < 4.78 is 11.2. The van der Waals surface area contributed by atoms with Gasteiger partial charge in [0.05, 0.1) is 29.2 Å². The standard InChI is InChI=1S/C10H11BrO3S/c1-2-14-10(12)8-6-3-4-13-5-7(6)15-9(8)11/h2-5H2,1H3. The van der Waals surface area contributed by atoms with Crippen LogP contribution in [0.3, 0.4) is 0 Å². The second-order valence-electron chi connectivity index (χ2n) is 3.18. The highest BCUT2D eigenvalue weighted by molar-refractivity contribution is 9.11. The summed E-state index contributed by atoms with van der Waals surface area (Å²) >= 11 is 4.97. The van der Waals surface area contributed by atoms with Gasteiger partial charge < -0.3 is 9.47 Å². The molecule has 2 rings (SSSR count). The first kappa shape index (κ1) is 11.1. The van der Waals surface area contributed by atoms with Crippen molar-refractivity contribution in [3.63, 3.8) is 0 Å². The van der Waals surface area contributed by atoms with Crippen LogP contribution in [-0.2, 0) is 22.5 Å². The predicted octanol–water partition coefficient (Wildman–Crippen LogP) is 2.76. The van der Waals surface area contributed by atoms with Crippen molar-refractivity contribution in [2.24, 2.45) is 0 Å². The molecule has 0 radical (unpaired) electrons. The molecule has 0 N–H and O–H groups in total. The Balaban J connectivity index is 2.37. The molecule has 82 valence electrons. The first-order valence-corrected chi connectivity index (χ1v) is 6.40. The third-order valence-corrected chi connectivity index (χ3v) is 4.13. The molecule has 0 atom stereocenters. The number of fused-ring (bicyclic) bond motifs is 1. The van der Waals surface area contributed by atoms with E-state index in [1.165, 1.54) is 0 Å². The Kier molecular flexibility index (Phi) is 3.43. The number of esters is 1. The van der Waals surface area contributed by atoms with Crippen LogP contribution in [0.5, 0.6) is 0 Å². The second-order valence-corrected chi connectivity index (χ2v) is 5.60. The highest BCUT2D eigenvalue weighted by Crippen LogP contribution is 2.36. The van der Waals surface area contributed by atoms with E-state index in [1.54, 1.807) is 11.3 Å². The lowest BCUT2D eigenvalue weighted by molar-refractivity contribution is 0.0521. The van der Waals surface area contributed by atoms with E-state index >= 15 is 0 Å². The summed E-state index contributed by atoms with van der Waals surface area (Å²) in [7, 11) is 0. The molecule has 0 aliphatic carbocycles. The summed E-state index contributed by atoms with van der Waals surface area (Å²) in [6.07, 6.45) is 0.797. The smallest absolute Gasteiger partial charge is 0.340 e. The predicted molar refractivity (Wildman–Crippen MR) is 61.3 cm³/mol. The van der Waals surface area contributed by atoms with E-state index in [-0.39, 0.29) is 5.97 Å². The van der Waals surface area contributed by atoms with Crippen molar-refractivity contribution in [1.82, 2.24) is 0 Å². The second kappa shape index (κ2) is 4.63. The summed E-state index contributed by atoms with van der Waals surface area (Å²) in [6.45, 7) is 3.51. The summed E-state index contributed by atoms with van der Waals surface area (Å²) in [5.41, 5.74) is 1.79. The fourth-order valence-corrected chi connectivity index (χ4v) is 3.59. The van der Waals surface area contributed by atoms with Crippen LogP contribution in [0.25, 0.3) is 0 Å². The zero-order valence-corrected chi connectivity index (χ0v) is 10.7. The van der Waals surface area contributed by atoms with Crippen molar-refractivity contribution < 1.29 is 14.3 Å². The van der Waals surface area contributed by atoms with E-state index in [0.717, 1.165) is 20.6 Å². The number of carbonyl (C=O) groups is 1. The van der Waals surface area contributed by atoms with Crippen LogP contribution < -0.4 is 0 Å². The van der Waals surface area contributed by atoms with Gasteiger partial charge in [0.15, 0.2) is 0 Å². The lowest BCUT2D eigenvalue weighted by Gasteiger charge is -2.12. The molecule has 1 aromatic heterocycles. The van der Waals surface area contributed by atoms with Gasteiger partial charge >= 0.3 is 5.97 Å². The third-order valence-electron chi connectivity index (χ3n) is 2.26. The lowest BCUT2D eigenvalue weighted by atomic mass is 10.1. The molecule has 0 spiro atoms. The molecule has 5 heteroatoms. The maximum Gasteiger partial charge on any atom is 0.340 e. The Morgan fingerprint density at radius 2 is 2.47 bits per heavy atom. The van der Waals surface area contributed by atoms with Gasteiger partial charge in [0, 0.05) is 4.88 Å². The molecule has 1 aliphatic heterocycles. The maximum absolute atomic E-state index is 11.7.